The Labute approximate surface area is 119 Å². The lowest BCUT2D eigenvalue weighted by molar-refractivity contribution is -0.117. The topological polar surface area (TPSA) is 90.7 Å². The molecular weight excluding hydrogens is 254 g/mol. The highest BCUT2D eigenvalue weighted by atomic mass is 16.5. The summed E-state index contributed by atoms with van der Waals surface area (Å²) in [5.74, 6) is 0.653. The molecular formula is C15H21N3O2. The van der Waals surface area contributed by atoms with Gasteiger partial charge in [-0.3, -0.25) is 4.79 Å². The Morgan fingerprint density at radius 1 is 1.30 bits per heavy atom. The number of benzene rings is 1. The van der Waals surface area contributed by atoms with Gasteiger partial charge in [0.25, 0.3) is 0 Å². The summed E-state index contributed by atoms with van der Waals surface area (Å²) in [7, 11) is 1.60. The van der Waals surface area contributed by atoms with Crippen LogP contribution in [0.1, 0.15) is 31.7 Å². The van der Waals surface area contributed by atoms with Gasteiger partial charge in [-0.15, -0.1) is 0 Å². The highest BCUT2D eigenvalue weighted by Crippen LogP contribution is 2.15. The van der Waals surface area contributed by atoms with E-state index in [-0.39, 0.29) is 11.7 Å². The largest absolute Gasteiger partial charge is 0.497 e. The second kappa shape index (κ2) is 7.99. The molecule has 5 nitrogen and oxygen atoms in total. The zero-order valence-electron chi connectivity index (χ0n) is 11.9. The molecule has 0 aliphatic rings. The van der Waals surface area contributed by atoms with Crippen LogP contribution in [0.25, 0.3) is 5.70 Å². The number of amides is 1. The number of aliphatic imine (C=N–C) groups is 1. The van der Waals surface area contributed by atoms with Crippen molar-refractivity contribution < 1.29 is 9.53 Å². The molecule has 5 heteroatoms. The number of rotatable bonds is 6. The summed E-state index contributed by atoms with van der Waals surface area (Å²) in [6.45, 7) is 2.02. The maximum absolute atomic E-state index is 11.5. The summed E-state index contributed by atoms with van der Waals surface area (Å²) < 4.78 is 5.07. The van der Waals surface area contributed by atoms with Crippen molar-refractivity contribution in [3.8, 4) is 5.75 Å². The van der Waals surface area contributed by atoms with Crippen molar-refractivity contribution in [2.45, 2.75) is 26.2 Å². The first-order valence-corrected chi connectivity index (χ1v) is 6.55. The zero-order valence-corrected chi connectivity index (χ0v) is 11.9. The van der Waals surface area contributed by atoms with E-state index in [1.165, 1.54) is 6.08 Å². The van der Waals surface area contributed by atoms with Crippen molar-refractivity contribution in [2.24, 2.45) is 16.5 Å². The van der Waals surface area contributed by atoms with Gasteiger partial charge in [-0.1, -0.05) is 13.3 Å². The molecule has 1 amide bonds. The van der Waals surface area contributed by atoms with Gasteiger partial charge in [0, 0.05) is 18.2 Å². The molecule has 0 aliphatic heterocycles. The lowest BCUT2D eigenvalue weighted by atomic mass is 10.1. The average molecular weight is 275 g/mol. The third kappa shape index (κ3) is 5.14. The van der Waals surface area contributed by atoms with Crippen LogP contribution in [0.2, 0.25) is 0 Å². The van der Waals surface area contributed by atoms with E-state index >= 15 is 0 Å². The Kier molecular flexibility index (Phi) is 6.29. The van der Waals surface area contributed by atoms with Crippen molar-refractivity contribution >= 4 is 17.4 Å². The van der Waals surface area contributed by atoms with E-state index in [1.807, 2.05) is 19.1 Å². The van der Waals surface area contributed by atoms with Crippen molar-refractivity contribution in [1.29, 1.82) is 0 Å². The number of carbonyl (C=O) groups is 1. The van der Waals surface area contributed by atoms with E-state index in [4.69, 9.17) is 16.2 Å². The Bertz CT molecular complexity index is 504. The standard InChI is InChI=1S/C15H21N3O2/c1-3-4-5-15(19)18-14(17)10-13(16)11-6-8-12(20-2)9-7-11/h6-10H,3-5,16H2,1-2H3,(H2,17,18,19)/b13-10-. The van der Waals surface area contributed by atoms with Crippen LogP contribution in [0.15, 0.2) is 35.3 Å². The first-order valence-electron chi connectivity index (χ1n) is 6.55. The second-order valence-corrected chi connectivity index (χ2v) is 4.36. The van der Waals surface area contributed by atoms with Crippen LogP contribution in [-0.4, -0.2) is 18.9 Å². The summed E-state index contributed by atoms with van der Waals surface area (Å²) in [5, 5.41) is 0. The molecule has 1 rings (SSSR count). The van der Waals surface area contributed by atoms with Crippen LogP contribution in [0.4, 0.5) is 0 Å². The highest BCUT2D eigenvalue weighted by molar-refractivity contribution is 6.03. The van der Waals surface area contributed by atoms with Gasteiger partial charge in [-0.2, -0.15) is 4.99 Å². The maximum Gasteiger partial charge on any atom is 0.247 e. The highest BCUT2D eigenvalue weighted by Gasteiger charge is 2.01. The molecule has 0 spiro atoms. The molecule has 4 N–H and O–H groups in total. The van der Waals surface area contributed by atoms with E-state index in [0.717, 1.165) is 24.2 Å². The maximum atomic E-state index is 11.5. The lowest BCUT2D eigenvalue weighted by Gasteiger charge is -2.04. The van der Waals surface area contributed by atoms with Crippen LogP contribution in [0.3, 0.4) is 0 Å². The van der Waals surface area contributed by atoms with E-state index in [1.54, 1.807) is 19.2 Å². The van der Waals surface area contributed by atoms with Crippen LogP contribution in [0.5, 0.6) is 5.75 Å². The first-order chi connectivity index (χ1) is 9.56. The third-order valence-corrected chi connectivity index (χ3v) is 2.72. The second-order valence-electron chi connectivity index (χ2n) is 4.36. The summed E-state index contributed by atoms with van der Waals surface area (Å²) in [6.07, 6.45) is 3.66. The van der Waals surface area contributed by atoms with Crippen LogP contribution < -0.4 is 16.2 Å². The van der Waals surface area contributed by atoms with Gasteiger partial charge in [0.05, 0.1) is 7.11 Å². The first kappa shape index (κ1) is 15.8. The van der Waals surface area contributed by atoms with Crippen LogP contribution in [0, 0.1) is 0 Å². The molecule has 0 bridgehead atoms. The predicted octanol–water partition coefficient (Wildman–Crippen LogP) is 2.07. The summed E-state index contributed by atoms with van der Waals surface area (Å²) in [5.41, 5.74) is 12.9. The number of carbonyl (C=O) groups excluding carboxylic acids is 1. The molecule has 0 aliphatic carbocycles. The molecule has 108 valence electrons. The molecule has 0 saturated carbocycles. The summed E-state index contributed by atoms with van der Waals surface area (Å²) in [4.78, 5) is 15.2. The smallest absolute Gasteiger partial charge is 0.247 e. The minimum atomic E-state index is -0.219. The fourth-order valence-electron chi connectivity index (χ4n) is 1.59. The SMILES string of the molecule is CCCCC(=O)N=C(N)/C=C(\N)c1ccc(OC)cc1. The Balaban J connectivity index is 2.75. The Morgan fingerprint density at radius 2 is 1.95 bits per heavy atom. The summed E-state index contributed by atoms with van der Waals surface area (Å²) >= 11 is 0. The molecule has 0 unspecified atom stereocenters. The molecule has 0 fully saturated rings. The minimum absolute atomic E-state index is 0.124. The number of unbranched alkanes of at least 4 members (excludes halogenated alkanes) is 1. The van der Waals surface area contributed by atoms with E-state index < -0.39 is 0 Å². The monoisotopic (exact) mass is 275 g/mol. The molecule has 1 aromatic carbocycles. The lowest BCUT2D eigenvalue weighted by Crippen LogP contribution is -2.13. The van der Waals surface area contributed by atoms with Gasteiger partial charge in [-0.05, 0) is 36.2 Å². The van der Waals surface area contributed by atoms with Gasteiger partial charge in [0.2, 0.25) is 5.91 Å². The Hall–Kier alpha value is -2.30. The number of amidine groups is 1. The van der Waals surface area contributed by atoms with E-state index in [2.05, 4.69) is 4.99 Å². The average Bonchev–Trinajstić information content (AvgIpc) is 2.45. The van der Waals surface area contributed by atoms with Crippen molar-refractivity contribution in [3.05, 3.63) is 35.9 Å². The number of methoxy groups -OCH3 is 1. The number of hydrogen-bond acceptors (Lipinski definition) is 3. The van der Waals surface area contributed by atoms with Crippen LogP contribution in [-0.2, 0) is 4.79 Å². The molecule has 0 aromatic heterocycles. The molecule has 0 atom stereocenters. The third-order valence-electron chi connectivity index (χ3n) is 2.72. The molecule has 0 saturated heterocycles. The fraction of sp³-hybridized carbons (Fsp3) is 0.333. The van der Waals surface area contributed by atoms with Crippen molar-refractivity contribution in [1.82, 2.24) is 0 Å². The number of hydrogen-bond donors (Lipinski definition) is 2. The number of nitrogens with two attached hydrogens (primary N) is 2. The normalized spacial score (nSPS) is 12.3. The summed E-state index contributed by atoms with van der Waals surface area (Å²) in [6, 6.07) is 7.24. The Morgan fingerprint density at radius 3 is 2.50 bits per heavy atom. The van der Waals surface area contributed by atoms with Gasteiger partial charge in [0.15, 0.2) is 0 Å². The van der Waals surface area contributed by atoms with Crippen LogP contribution >= 0.6 is 0 Å². The molecule has 20 heavy (non-hydrogen) atoms. The molecule has 1 aromatic rings. The predicted molar refractivity (Wildman–Crippen MR) is 81.3 cm³/mol. The quantitative estimate of drug-likeness (QED) is 0.614. The minimum Gasteiger partial charge on any atom is -0.497 e. The van der Waals surface area contributed by atoms with Gasteiger partial charge in [0.1, 0.15) is 11.6 Å². The fourth-order valence-corrected chi connectivity index (χ4v) is 1.59. The van der Waals surface area contributed by atoms with Gasteiger partial charge in [-0.25, -0.2) is 0 Å². The van der Waals surface area contributed by atoms with E-state index in [0.29, 0.717) is 12.1 Å². The van der Waals surface area contributed by atoms with Gasteiger partial charge >= 0.3 is 0 Å². The van der Waals surface area contributed by atoms with Crippen molar-refractivity contribution in [2.75, 3.05) is 7.11 Å². The molecule has 0 radical (unpaired) electrons. The molecule has 0 heterocycles. The number of nitrogens with zero attached hydrogens (tertiary/aromatic N) is 1. The zero-order chi connectivity index (χ0) is 15.0. The number of ether oxygens (including phenoxy) is 1. The van der Waals surface area contributed by atoms with Gasteiger partial charge < -0.3 is 16.2 Å². The van der Waals surface area contributed by atoms with E-state index in [9.17, 15) is 4.79 Å². The van der Waals surface area contributed by atoms with Crippen molar-refractivity contribution in [3.63, 3.8) is 0 Å².